The number of benzene rings is 1. The van der Waals surface area contributed by atoms with Crippen molar-refractivity contribution in [2.45, 2.75) is 39.3 Å². The summed E-state index contributed by atoms with van der Waals surface area (Å²) in [6.45, 7) is 6.28. The molecule has 0 unspecified atom stereocenters. The van der Waals surface area contributed by atoms with Crippen molar-refractivity contribution in [1.82, 2.24) is 15.2 Å². The molecule has 0 aliphatic rings. The fourth-order valence-electron chi connectivity index (χ4n) is 2.67. The van der Waals surface area contributed by atoms with Crippen LogP contribution in [0.2, 0.25) is 0 Å². The number of nitro benzene ring substituents is 1. The standard InChI is InChI=1S/C21H26N4O5/c1-21(2,3)30-20(27)24(15-16-8-6-11-22-14-16)13-7-12-23-19(26)17-9-4-5-10-18(17)25(28)29/h4-6,8-11,14H,7,12-13,15H2,1-3H3,(H,23,26). The molecule has 2 rings (SSSR count). The second-order valence-electron chi connectivity index (χ2n) is 7.65. The molecule has 0 saturated heterocycles. The van der Waals surface area contributed by atoms with E-state index in [0.29, 0.717) is 19.5 Å². The monoisotopic (exact) mass is 414 g/mol. The van der Waals surface area contributed by atoms with Gasteiger partial charge in [0.1, 0.15) is 11.2 Å². The van der Waals surface area contributed by atoms with E-state index in [-0.39, 0.29) is 17.8 Å². The van der Waals surface area contributed by atoms with Gasteiger partial charge in [0, 0.05) is 31.5 Å². The first kappa shape index (κ1) is 22.8. The maximum atomic E-state index is 12.6. The van der Waals surface area contributed by atoms with Gasteiger partial charge in [-0.3, -0.25) is 19.9 Å². The number of pyridine rings is 1. The maximum Gasteiger partial charge on any atom is 0.410 e. The van der Waals surface area contributed by atoms with Crippen LogP contribution in [0.25, 0.3) is 0 Å². The first-order valence-corrected chi connectivity index (χ1v) is 9.56. The van der Waals surface area contributed by atoms with Crippen LogP contribution >= 0.6 is 0 Å². The Morgan fingerprint density at radius 1 is 1.20 bits per heavy atom. The average Bonchev–Trinajstić information content (AvgIpc) is 2.69. The van der Waals surface area contributed by atoms with Crippen LogP contribution in [0.4, 0.5) is 10.5 Å². The predicted molar refractivity (Wildman–Crippen MR) is 111 cm³/mol. The fourth-order valence-corrected chi connectivity index (χ4v) is 2.67. The fraction of sp³-hybridized carbons (Fsp3) is 0.381. The lowest BCUT2D eigenvalue weighted by Gasteiger charge is -2.27. The third kappa shape index (κ3) is 7.16. The number of hydrogen-bond donors (Lipinski definition) is 1. The van der Waals surface area contributed by atoms with Crippen molar-refractivity contribution in [3.63, 3.8) is 0 Å². The van der Waals surface area contributed by atoms with Gasteiger partial charge in [0.2, 0.25) is 0 Å². The van der Waals surface area contributed by atoms with Crippen molar-refractivity contribution >= 4 is 17.7 Å². The molecule has 0 aliphatic carbocycles. The van der Waals surface area contributed by atoms with Crippen LogP contribution in [0, 0.1) is 10.1 Å². The minimum Gasteiger partial charge on any atom is -0.444 e. The molecule has 9 nitrogen and oxygen atoms in total. The van der Waals surface area contributed by atoms with Crippen molar-refractivity contribution in [2.75, 3.05) is 13.1 Å². The van der Waals surface area contributed by atoms with Gasteiger partial charge >= 0.3 is 6.09 Å². The molecular weight excluding hydrogens is 388 g/mol. The second-order valence-corrected chi connectivity index (χ2v) is 7.65. The van der Waals surface area contributed by atoms with E-state index in [9.17, 15) is 19.7 Å². The lowest BCUT2D eigenvalue weighted by atomic mass is 10.1. The average molecular weight is 414 g/mol. The summed E-state index contributed by atoms with van der Waals surface area (Å²) in [6.07, 6.45) is 3.32. The van der Waals surface area contributed by atoms with E-state index in [4.69, 9.17) is 4.74 Å². The number of para-hydroxylation sites is 1. The van der Waals surface area contributed by atoms with E-state index in [1.54, 1.807) is 50.2 Å². The normalized spacial score (nSPS) is 10.9. The van der Waals surface area contributed by atoms with Crippen LogP contribution in [0.15, 0.2) is 48.8 Å². The summed E-state index contributed by atoms with van der Waals surface area (Å²) in [6, 6.07) is 9.41. The zero-order valence-corrected chi connectivity index (χ0v) is 17.3. The number of nitro groups is 1. The molecule has 0 bridgehead atoms. The largest absolute Gasteiger partial charge is 0.444 e. The molecule has 9 heteroatoms. The molecule has 1 aromatic heterocycles. The van der Waals surface area contributed by atoms with Crippen molar-refractivity contribution in [1.29, 1.82) is 0 Å². The molecular formula is C21H26N4O5. The summed E-state index contributed by atoms with van der Waals surface area (Å²) in [4.78, 5) is 40.9. The predicted octanol–water partition coefficient (Wildman–Crippen LogP) is 3.55. The van der Waals surface area contributed by atoms with Crippen LogP contribution in [-0.4, -0.2) is 45.5 Å². The summed E-state index contributed by atoms with van der Waals surface area (Å²) >= 11 is 0. The number of nitrogens with zero attached hydrogens (tertiary/aromatic N) is 3. The molecule has 2 amide bonds. The van der Waals surface area contributed by atoms with Gasteiger partial charge in [0.25, 0.3) is 11.6 Å². The number of rotatable bonds is 8. The second kappa shape index (κ2) is 10.3. The highest BCUT2D eigenvalue weighted by Crippen LogP contribution is 2.17. The molecule has 2 aromatic rings. The topological polar surface area (TPSA) is 115 Å². The third-order valence-corrected chi connectivity index (χ3v) is 3.98. The van der Waals surface area contributed by atoms with Crippen LogP contribution in [-0.2, 0) is 11.3 Å². The van der Waals surface area contributed by atoms with Crippen LogP contribution < -0.4 is 5.32 Å². The molecule has 0 saturated carbocycles. The number of nitrogens with one attached hydrogen (secondary N) is 1. The Balaban J connectivity index is 1.95. The van der Waals surface area contributed by atoms with Gasteiger partial charge in [-0.2, -0.15) is 0 Å². The highest BCUT2D eigenvalue weighted by Gasteiger charge is 2.23. The Labute approximate surface area is 175 Å². The van der Waals surface area contributed by atoms with Crippen LogP contribution in [0.1, 0.15) is 43.1 Å². The summed E-state index contributed by atoms with van der Waals surface area (Å²) in [5, 5.41) is 13.7. The third-order valence-electron chi connectivity index (χ3n) is 3.98. The first-order valence-electron chi connectivity index (χ1n) is 9.56. The van der Waals surface area contributed by atoms with Crippen molar-refractivity contribution < 1.29 is 19.2 Å². The van der Waals surface area contributed by atoms with Gasteiger partial charge < -0.3 is 15.0 Å². The molecule has 30 heavy (non-hydrogen) atoms. The van der Waals surface area contributed by atoms with Gasteiger partial charge in [-0.15, -0.1) is 0 Å². The Bertz CT molecular complexity index is 880. The Kier molecular flexibility index (Phi) is 7.85. The summed E-state index contributed by atoms with van der Waals surface area (Å²) in [5.41, 5.74) is -0.0267. The SMILES string of the molecule is CC(C)(C)OC(=O)N(CCCNC(=O)c1ccccc1[N+](=O)[O-])Cc1cccnc1. The van der Waals surface area contributed by atoms with Crippen molar-refractivity contribution in [2.24, 2.45) is 0 Å². The summed E-state index contributed by atoms with van der Waals surface area (Å²) in [7, 11) is 0. The zero-order valence-electron chi connectivity index (χ0n) is 17.3. The summed E-state index contributed by atoms with van der Waals surface area (Å²) < 4.78 is 5.47. The minimum absolute atomic E-state index is 0.00172. The van der Waals surface area contributed by atoms with Gasteiger partial charge in [-0.25, -0.2) is 4.79 Å². The lowest BCUT2D eigenvalue weighted by molar-refractivity contribution is -0.385. The quantitative estimate of drug-likeness (QED) is 0.401. The molecule has 160 valence electrons. The molecule has 0 radical (unpaired) electrons. The smallest absolute Gasteiger partial charge is 0.410 e. The minimum atomic E-state index is -0.634. The molecule has 0 aliphatic heterocycles. The van der Waals surface area contributed by atoms with Gasteiger partial charge in [0.15, 0.2) is 0 Å². The molecule has 0 spiro atoms. The molecule has 1 aromatic carbocycles. The molecule has 0 fully saturated rings. The number of carbonyl (C=O) groups excluding carboxylic acids is 2. The summed E-state index contributed by atoms with van der Waals surface area (Å²) in [5.74, 6) is -0.529. The zero-order chi connectivity index (χ0) is 22.1. The van der Waals surface area contributed by atoms with E-state index >= 15 is 0 Å². The van der Waals surface area contributed by atoms with E-state index in [1.807, 2.05) is 6.07 Å². The number of amides is 2. The number of hydrogen-bond acceptors (Lipinski definition) is 6. The van der Waals surface area contributed by atoms with E-state index in [1.165, 1.54) is 18.2 Å². The maximum absolute atomic E-state index is 12.6. The van der Waals surface area contributed by atoms with E-state index in [0.717, 1.165) is 5.56 Å². The highest BCUT2D eigenvalue weighted by molar-refractivity contribution is 5.98. The van der Waals surface area contributed by atoms with Crippen LogP contribution in [0.5, 0.6) is 0 Å². The highest BCUT2D eigenvalue weighted by atomic mass is 16.6. The van der Waals surface area contributed by atoms with E-state index in [2.05, 4.69) is 10.3 Å². The molecule has 1 N–H and O–H groups in total. The van der Waals surface area contributed by atoms with Crippen LogP contribution in [0.3, 0.4) is 0 Å². The van der Waals surface area contributed by atoms with Crippen molar-refractivity contribution in [3.8, 4) is 0 Å². The van der Waals surface area contributed by atoms with Gasteiger partial charge in [0.05, 0.1) is 11.5 Å². The molecule has 0 atom stereocenters. The van der Waals surface area contributed by atoms with Gasteiger partial charge in [-0.05, 0) is 44.9 Å². The Hall–Kier alpha value is -3.49. The van der Waals surface area contributed by atoms with Gasteiger partial charge in [-0.1, -0.05) is 18.2 Å². The number of carbonyl (C=O) groups is 2. The number of ether oxygens (including phenoxy) is 1. The lowest BCUT2D eigenvalue weighted by Crippen LogP contribution is -2.38. The number of aromatic nitrogens is 1. The van der Waals surface area contributed by atoms with Crippen molar-refractivity contribution in [3.05, 3.63) is 70.0 Å². The Morgan fingerprint density at radius 2 is 1.93 bits per heavy atom. The molecule has 1 heterocycles. The van der Waals surface area contributed by atoms with E-state index < -0.39 is 22.5 Å². The first-order chi connectivity index (χ1) is 14.2. The Morgan fingerprint density at radius 3 is 2.57 bits per heavy atom.